The fourth-order valence-electron chi connectivity index (χ4n) is 1.91. The summed E-state index contributed by atoms with van der Waals surface area (Å²) in [5.41, 5.74) is 1.03. The Morgan fingerprint density at radius 2 is 1.90 bits per heavy atom. The molecule has 0 fully saturated rings. The van der Waals surface area contributed by atoms with Crippen LogP contribution in [0.15, 0.2) is 39.4 Å². The van der Waals surface area contributed by atoms with Crippen molar-refractivity contribution in [3.63, 3.8) is 0 Å². The largest absolute Gasteiger partial charge is 0.478 e. The molecule has 110 valence electrons. The highest BCUT2D eigenvalue weighted by molar-refractivity contribution is 9.10. The zero-order valence-corrected chi connectivity index (χ0v) is 14.2. The maximum Gasteiger partial charge on any atom is 0.335 e. The van der Waals surface area contributed by atoms with Gasteiger partial charge in [-0.15, -0.1) is 0 Å². The van der Waals surface area contributed by atoms with E-state index in [0.717, 1.165) is 4.47 Å². The Bertz CT molecular complexity index is 710. The average molecular weight is 416 g/mol. The van der Waals surface area contributed by atoms with Crippen molar-refractivity contribution in [3.8, 4) is 0 Å². The molecule has 0 radical (unpaired) electrons. The molecular weight excluding hydrogens is 404 g/mol. The van der Waals surface area contributed by atoms with Gasteiger partial charge in [-0.05, 0) is 47.1 Å². The van der Waals surface area contributed by atoms with E-state index in [1.807, 2.05) is 13.1 Å². The van der Waals surface area contributed by atoms with Crippen LogP contribution >= 0.6 is 31.9 Å². The molecule has 1 amide bonds. The van der Waals surface area contributed by atoms with Gasteiger partial charge < -0.3 is 15.0 Å². The van der Waals surface area contributed by atoms with Crippen molar-refractivity contribution < 1.29 is 14.7 Å². The molecule has 0 saturated carbocycles. The Morgan fingerprint density at radius 1 is 1.19 bits per heavy atom. The van der Waals surface area contributed by atoms with E-state index in [0.29, 0.717) is 22.4 Å². The normalized spacial score (nSPS) is 10.4. The Labute approximate surface area is 138 Å². The number of carbonyl (C=O) groups is 2. The lowest BCUT2D eigenvalue weighted by atomic mass is 10.2. The lowest BCUT2D eigenvalue weighted by Crippen LogP contribution is -2.16. The van der Waals surface area contributed by atoms with Crippen LogP contribution in [0.3, 0.4) is 0 Å². The monoisotopic (exact) mass is 414 g/mol. The molecular formula is C14H12Br2N2O3. The van der Waals surface area contributed by atoms with E-state index in [1.165, 1.54) is 12.1 Å². The van der Waals surface area contributed by atoms with Crippen LogP contribution in [0.5, 0.6) is 0 Å². The zero-order valence-electron chi connectivity index (χ0n) is 11.1. The van der Waals surface area contributed by atoms with Crippen LogP contribution in [-0.4, -0.2) is 21.6 Å². The summed E-state index contributed by atoms with van der Waals surface area (Å²) in [6, 6.07) is 6.26. The van der Waals surface area contributed by atoms with Gasteiger partial charge in [-0.3, -0.25) is 4.79 Å². The zero-order chi connectivity index (χ0) is 15.6. The molecule has 0 unspecified atom stereocenters. The van der Waals surface area contributed by atoms with Crippen LogP contribution in [0.1, 0.15) is 27.8 Å². The molecule has 2 N–H and O–H groups in total. The fraction of sp³-hybridized carbons (Fsp3) is 0.143. The number of aromatic carboxylic acids is 1. The maximum absolute atomic E-state index is 12.3. The molecule has 2 aromatic rings. The summed E-state index contributed by atoms with van der Waals surface area (Å²) in [5, 5.41) is 11.7. The van der Waals surface area contributed by atoms with Crippen LogP contribution in [0.2, 0.25) is 0 Å². The number of benzene rings is 1. The first kappa shape index (κ1) is 15.8. The van der Waals surface area contributed by atoms with Gasteiger partial charge in [0.05, 0.1) is 5.56 Å². The maximum atomic E-state index is 12.3. The molecule has 0 saturated heterocycles. The number of aryl methyl sites for hydroxylation is 1. The first-order chi connectivity index (χ1) is 9.90. The highest BCUT2D eigenvalue weighted by Gasteiger charge is 2.14. The van der Waals surface area contributed by atoms with Gasteiger partial charge in [0, 0.05) is 27.4 Å². The minimum absolute atomic E-state index is 0.103. The van der Waals surface area contributed by atoms with Gasteiger partial charge in [0.2, 0.25) is 0 Å². The lowest BCUT2D eigenvalue weighted by molar-refractivity contribution is 0.0696. The van der Waals surface area contributed by atoms with Crippen LogP contribution in [0.4, 0.5) is 5.69 Å². The number of nitrogens with zero attached hydrogens (tertiary/aromatic N) is 1. The highest BCUT2D eigenvalue weighted by Crippen LogP contribution is 2.21. The first-order valence-corrected chi connectivity index (χ1v) is 7.70. The first-order valence-electron chi connectivity index (χ1n) is 6.11. The smallest absolute Gasteiger partial charge is 0.335 e. The number of hydrogen-bond acceptors (Lipinski definition) is 2. The van der Waals surface area contributed by atoms with Crippen molar-refractivity contribution in [1.29, 1.82) is 0 Å². The van der Waals surface area contributed by atoms with Gasteiger partial charge in [0.25, 0.3) is 5.91 Å². The predicted octanol–water partition coefficient (Wildman–Crippen LogP) is 3.98. The molecule has 0 aliphatic rings. The highest BCUT2D eigenvalue weighted by atomic mass is 79.9. The number of nitrogens with one attached hydrogen (secondary N) is 1. The standard InChI is InChI=1S/C14H12Br2N2O3/c1-2-18-7-10(16)6-12(18)13(19)17-11-4-8(14(20)21)3-9(15)5-11/h3-7H,2H2,1H3,(H,17,19)(H,20,21). The van der Waals surface area contributed by atoms with Gasteiger partial charge in [0.15, 0.2) is 0 Å². The van der Waals surface area contributed by atoms with E-state index in [-0.39, 0.29) is 11.5 Å². The van der Waals surface area contributed by atoms with E-state index in [4.69, 9.17) is 5.11 Å². The molecule has 0 spiro atoms. The molecule has 1 aromatic carbocycles. The summed E-state index contributed by atoms with van der Waals surface area (Å²) in [6.07, 6.45) is 1.82. The molecule has 5 nitrogen and oxygen atoms in total. The fourth-order valence-corrected chi connectivity index (χ4v) is 2.86. The average Bonchev–Trinajstić information content (AvgIpc) is 2.79. The number of aromatic nitrogens is 1. The number of hydrogen-bond donors (Lipinski definition) is 2. The van der Waals surface area contributed by atoms with Crippen LogP contribution in [-0.2, 0) is 6.54 Å². The van der Waals surface area contributed by atoms with Crippen molar-refractivity contribution >= 4 is 49.4 Å². The van der Waals surface area contributed by atoms with Gasteiger partial charge in [0.1, 0.15) is 5.69 Å². The minimum Gasteiger partial charge on any atom is -0.478 e. The lowest BCUT2D eigenvalue weighted by Gasteiger charge is -2.09. The number of rotatable bonds is 4. The molecule has 0 atom stereocenters. The molecule has 2 rings (SSSR count). The second-order valence-electron chi connectivity index (χ2n) is 4.32. The summed E-state index contributed by atoms with van der Waals surface area (Å²) in [6.45, 7) is 2.60. The summed E-state index contributed by atoms with van der Waals surface area (Å²) in [5.74, 6) is -1.34. The van der Waals surface area contributed by atoms with Crippen molar-refractivity contribution in [2.24, 2.45) is 0 Å². The Kier molecular flexibility index (Phi) is 4.84. The molecule has 1 aromatic heterocycles. The number of amides is 1. The molecule has 0 aliphatic heterocycles. The van der Waals surface area contributed by atoms with E-state index < -0.39 is 5.97 Å². The third kappa shape index (κ3) is 3.74. The number of carboxylic acids is 1. The Hall–Kier alpha value is -1.60. The molecule has 0 bridgehead atoms. The second kappa shape index (κ2) is 6.44. The third-order valence-corrected chi connectivity index (χ3v) is 3.73. The van der Waals surface area contributed by atoms with Gasteiger partial charge in [-0.2, -0.15) is 0 Å². The molecule has 0 aliphatic carbocycles. The predicted molar refractivity (Wildman–Crippen MR) is 86.9 cm³/mol. The number of carboxylic acid groups (broad SMARTS) is 1. The van der Waals surface area contributed by atoms with Gasteiger partial charge >= 0.3 is 5.97 Å². The minimum atomic E-state index is -1.05. The summed E-state index contributed by atoms with van der Waals surface area (Å²) >= 11 is 6.57. The molecule has 21 heavy (non-hydrogen) atoms. The second-order valence-corrected chi connectivity index (χ2v) is 6.15. The molecule has 1 heterocycles. The number of halogens is 2. The summed E-state index contributed by atoms with van der Waals surface area (Å²) < 4.78 is 3.20. The summed E-state index contributed by atoms with van der Waals surface area (Å²) in [4.78, 5) is 23.3. The number of carbonyl (C=O) groups excluding carboxylic acids is 1. The SMILES string of the molecule is CCn1cc(Br)cc1C(=O)Nc1cc(Br)cc(C(=O)O)c1. The van der Waals surface area contributed by atoms with Crippen molar-refractivity contribution in [3.05, 3.63) is 50.7 Å². The topological polar surface area (TPSA) is 71.3 Å². The van der Waals surface area contributed by atoms with Crippen LogP contribution in [0.25, 0.3) is 0 Å². The summed E-state index contributed by atoms with van der Waals surface area (Å²) in [7, 11) is 0. The van der Waals surface area contributed by atoms with Gasteiger partial charge in [-0.25, -0.2) is 4.79 Å². The Balaban J connectivity index is 2.29. The molecule has 7 heteroatoms. The van der Waals surface area contributed by atoms with E-state index in [9.17, 15) is 9.59 Å². The van der Waals surface area contributed by atoms with E-state index in [1.54, 1.807) is 16.7 Å². The third-order valence-electron chi connectivity index (χ3n) is 2.84. The van der Waals surface area contributed by atoms with Crippen molar-refractivity contribution in [1.82, 2.24) is 4.57 Å². The van der Waals surface area contributed by atoms with Crippen molar-refractivity contribution in [2.45, 2.75) is 13.5 Å². The van der Waals surface area contributed by atoms with E-state index >= 15 is 0 Å². The quantitative estimate of drug-likeness (QED) is 0.793. The van der Waals surface area contributed by atoms with Gasteiger partial charge in [-0.1, -0.05) is 15.9 Å². The van der Waals surface area contributed by atoms with Crippen LogP contribution < -0.4 is 5.32 Å². The number of anilines is 1. The Morgan fingerprint density at radius 3 is 2.52 bits per heavy atom. The van der Waals surface area contributed by atoms with Crippen LogP contribution in [0, 0.1) is 0 Å². The van der Waals surface area contributed by atoms with Crippen molar-refractivity contribution in [2.75, 3.05) is 5.32 Å². The van der Waals surface area contributed by atoms with E-state index in [2.05, 4.69) is 37.2 Å².